The molecule has 0 unspecified atom stereocenters. The minimum Gasteiger partial charge on any atom is -0.490 e. The molecule has 1 aromatic heterocycles. The van der Waals surface area contributed by atoms with Crippen LogP contribution in [0.5, 0.6) is 11.5 Å². The zero-order valence-corrected chi connectivity index (χ0v) is 12.8. The first-order valence-electron chi connectivity index (χ1n) is 7.28. The molecule has 6 heteroatoms. The number of aryl methyl sites for hydroxylation is 1. The van der Waals surface area contributed by atoms with Gasteiger partial charge in [-0.2, -0.15) is 5.10 Å². The number of nitrogens with zero attached hydrogens (tertiary/aromatic N) is 3. The molecule has 0 atom stereocenters. The normalized spacial score (nSPS) is 10.4. The van der Waals surface area contributed by atoms with Gasteiger partial charge >= 0.3 is 0 Å². The smallest absolute Gasteiger partial charge is 0.163 e. The molecule has 2 rings (SSSR count). The summed E-state index contributed by atoms with van der Waals surface area (Å²) in [5, 5.41) is 7.48. The molecule has 0 aliphatic carbocycles. The minimum atomic E-state index is 0.605. The van der Waals surface area contributed by atoms with Crippen molar-refractivity contribution in [1.82, 2.24) is 14.8 Å². The predicted octanol–water partition coefficient (Wildman–Crippen LogP) is 2.71. The van der Waals surface area contributed by atoms with E-state index < -0.39 is 0 Å². The van der Waals surface area contributed by atoms with Crippen LogP contribution in [0.15, 0.2) is 24.5 Å². The largest absolute Gasteiger partial charge is 0.490 e. The first-order valence-corrected chi connectivity index (χ1v) is 7.28. The van der Waals surface area contributed by atoms with Gasteiger partial charge in [-0.1, -0.05) is 0 Å². The van der Waals surface area contributed by atoms with Gasteiger partial charge in [-0.3, -0.25) is 0 Å². The Bertz CT molecular complexity index is 569. The van der Waals surface area contributed by atoms with Crippen LogP contribution in [-0.2, 0) is 13.1 Å². The molecule has 21 heavy (non-hydrogen) atoms. The first-order chi connectivity index (χ1) is 10.3. The molecule has 0 saturated carbocycles. The second kappa shape index (κ2) is 7.52. The zero-order chi connectivity index (χ0) is 15.1. The molecular weight excluding hydrogens is 268 g/mol. The maximum atomic E-state index is 5.61. The summed E-state index contributed by atoms with van der Waals surface area (Å²) in [6.07, 6.45) is 1.57. The zero-order valence-electron chi connectivity index (χ0n) is 12.8. The Morgan fingerprint density at radius 3 is 2.57 bits per heavy atom. The summed E-state index contributed by atoms with van der Waals surface area (Å²) in [4.78, 5) is 4.24. The van der Waals surface area contributed by atoms with E-state index in [0.29, 0.717) is 19.8 Å². The Kier molecular flexibility index (Phi) is 5.43. The molecule has 114 valence electrons. The molecule has 0 aliphatic rings. The molecule has 0 radical (unpaired) electrons. The van der Waals surface area contributed by atoms with Crippen LogP contribution >= 0.6 is 0 Å². The van der Waals surface area contributed by atoms with Gasteiger partial charge < -0.3 is 14.8 Å². The molecule has 0 fully saturated rings. The quantitative estimate of drug-likeness (QED) is 0.810. The third-order valence-corrected chi connectivity index (χ3v) is 2.99. The number of rotatable bonds is 8. The monoisotopic (exact) mass is 290 g/mol. The van der Waals surface area contributed by atoms with Gasteiger partial charge in [-0.15, -0.1) is 0 Å². The van der Waals surface area contributed by atoms with E-state index >= 15 is 0 Å². The molecule has 0 bridgehead atoms. The van der Waals surface area contributed by atoms with Crippen LogP contribution in [-0.4, -0.2) is 28.0 Å². The van der Waals surface area contributed by atoms with E-state index in [4.69, 9.17) is 9.47 Å². The Morgan fingerprint density at radius 2 is 1.86 bits per heavy atom. The van der Waals surface area contributed by atoms with Crippen LogP contribution in [0.25, 0.3) is 0 Å². The fraction of sp³-hybridized carbons (Fsp3) is 0.467. The maximum Gasteiger partial charge on any atom is 0.163 e. The van der Waals surface area contributed by atoms with Crippen molar-refractivity contribution in [2.24, 2.45) is 0 Å². The van der Waals surface area contributed by atoms with Crippen molar-refractivity contribution in [2.45, 2.75) is 33.9 Å². The van der Waals surface area contributed by atoms with Crippen molar-refractivity contribution in [3.63, 3.8) is 0 Å². The van der Waals surface area contributed by atoms with Gasteiger partial charge in [0.2, 0.25) is 0 Å². The third-order valence-electron chi connectivity index (χ3n) is 2.99. The first kappa shape index (κ1) is 15.2. The standard InChI is InChI=1S/C15H22N4O2/c1-4-19-15(17-11-18-19)10-16-12-7-8-13(20-5-2)14(9-12)21-6-3/h7-9,11,16H,4-6,10H2,1-3H3. The maximum absolute atomic E-state index is 5.61. The van der Waals surface area contributed by atoms with Crippen LogP contribution in [0.3, 0.4) is 0 Å². The average Bonchev–Trinajstić information content (AvgIpc) is 2.95. The predicted molar refractivity (Wildman–Crippen MR) is 81.8 cm³/mol. The molecule has 1 N–H and O–H groups in total. The van der Waals surface area contributed by atoms with Gasteiger partial charge in [-0.05, 0) is 32.9 Å². The van der Waals surface area contributed by atoms with Crippen molar-refractivity contribution in [3.05, 3.63) is 30.4 Å². The van der Waals surface area contributed by atoms with Gasteiger partial charge in [0, 0.05) is 18.3 Å². The summed E-state index contributed by atoms with van der Waals surface area (Å²) in [6, 6.07) is 5.84. The fourth-order valence-electron chi connectivity index (χ4n) is 2.03. The van der Waals surface area contributed by atoms with Crippen molar-refractivity contribution in [3.8, 4) is 11.5 Å². The summed E-state index contributed by atoms with van der Waals surface area (Å²) < 4.78 is 13.0. The SMILES string of the molecule is CCOc1ccc(NCc2ncnn2CC)cc1OCC. The number of hydrogen-bond acceptors (Lipinski definition) is 5. The van der Waals surface area contributed by atoms with Crippen LogP contribution < -0.4 is 14.8 Å². The molecule has 1 aromatic carbocycles. The molecule has 1 heterocycles. The van der Waals surface area contributed by atoms with E-state index in [1.807, 2.05) is 43.7 Å². The van der Waals surface area contributed by atoms with Gasteiger partial charge in [0.25, 0.3) is 0 Å². The highest BCUT2D eigenvalue weighted by Crippen LogP contribution is 2.30. The highest BCUT2D eigenvalue weighted by Gasteiger charge is 2.07. The fourth-order valence-corrected chi connectivity index (χ4v) is 2.03. The molecule has 0 amide bonds. The van der Waals surface area contributed by atoms with Gasteiger partial charge in [0.15, 0.2) is 11.5 Å². The molecule has 0 saturated heterocycles. The number of hydrogen-bond donors (Lipinski definition) is 1. The van der Waals surface area contributed by atoms with E-state index in [1.165, 1.54) is 0 Å². The third kappa shape index (κ3) is 3.87. The number of nitrogens with one attached hydrogen (secondary N) is 1. The van der Waals surface area contributed by atoms with Crippen molar-refractivity contribution >= 4 is 5.69 Å². The van der Waals surface area contributed by atoms with Gasteiger partial charge in [0.05, 0.1) is 19.8 Å². The molecule has 6 nitrogen and oxygen atoms in total. The lowest BCUT2D eigenvalue weighted by atomic mass is 10.2. The number of anilines is 1. The van der Waals surface area contributed by atoms with E-state index in [1.54, 1.807) is 6.33 Å². The van der Waals surface area contributed by atoms with E-state index in [0.717, 1.165) is 29.6 Å². The van der Waals surface area contributed by atoms with E-state index in [2.05, 4.69) is 15.4 Å². The lowest BCUT2D eigenvalue weighted by Crippen LogP contribution is -2.09. The Hall–Kier alpha value is -2.24. The lowest BCUT2D eigenvalue weighted by Gasteiger charge is -2.13. The number of ether oxygens (including phenoxy) is 2. The van der Waals surface area contributed by atoms with E-state index in [-0.39, 0.29) is 0 Å². The molecular formula is C15H22N4O2. The topological polar surface area (TPSA) is 61.2 Å². The highest BCUT2D eigenvalue weighted by atomic mass is 16.5. The summed E-state index contributed by atoms with van der Waals surface area (Å²) in [5.74, 6) is 2.42. The van der Waals surface area contributed by atoms with Crippen LogP contribution in [0, 0.1) is 0 Å². The molecule has 0 aliphatic heterocycles. The van der Waals surface area contributed by atoms with Crippen molar-refractivity contribution < 1.29 is 9.47 Å². The molecule has 2 aromatic rings. The van der Waals surface area contributed by atoms with Crippen molar-refractivity contribution in [2.75, 3.05) is 18.5 Å². The van der Waals surface area contributed by atoms with Gasteiger partial charge in [-0.25, -0.2) is 9.67 Å². The van der Waals surface area contributed by atoms with Crippen molar-refractivity contribution in [1.29, 1.82) is 0 Å². The second-order valence-corrected chi connectivity index (χ2v) is 4.37. The summed E-state index contributed by atoms with van der Waals surface area (Å²) in [7, 11) is 0. The lowest BCUT2D eigenvalue weighted by molar-refractivity contribution is 0.288. The van der Waals surface area contributed by atoms with Gasteiger partial charge in [0.1, 0.15) is 12.2 Å². The van der Waals surface area contributed by atoms with Crippen LogP contribution in [0.1, 0.15) is 26.6 Å². The van der Waals surface area contributed by atoms with Crippen LogP contribution in [0.2, 0.25) is 0 Å². The Morgan fingerprint density at radius 1 is 1.10 bits per heavy atom. The summed E-state index contributed by atoms with van der Waals surface area (Å²) in [6.45, 7) is 8.61. The Balaban J connectivity index is 2.07. The average molecular weight is 290 g/mol. The highest BCUT2D eigenvalue weighted by molar-refractivity contribution is 5.54. The summed E-state index contributed by atoms with van der Waals surface area (Å²) >= 11 is 0. The minimum absolute atomic E-state index is 0.605. The molecule has 0 spiro atoms. The van der Waals surface area contributed by atoms with E-state index in [9.17, 15) is 0 Å². The summed E-state index contributed by atoms with van der Waals surface area (Å²) in [5.41, 5.74) is 0.965. The second-order valence-electron chi connectivity index (χ2n) is 4.37. The number of aromatic nitrogens is 3. The van der Waals surface area contributed by atoms with Crippen LogP contribution in [0.4, 0.5) is 5.69 Å². The number of benzene rings is 1. The Labute approximate surface area is 125 Å².